The number of hydrogen-bond donors (Lipinski definition) is 2. The third-order valence-corrected chi connectivity index (χ3v) is 4.81. The molecule has 0 unspecified atom stereocenters. The van der Waals surface area contributed by atoms with E-state index >= 15 is 0 Å². The molecule has 0 atom stereocenters. The number of hydrogen-bond acceptors (Lipinski definition) is 5. The van der Waals surface area contributed by atoms with E-state index in [-0.39, 0.29) is 16.9 Å². The standard InChI is InChI=1S/C18H14BrN3O4S/c1-22-16(24)11-5-4-10(8-12(11)17(22)25)20-18(27)21-15(23)9-3-6-14(26-2)13(19)7-9/h3-8H,1-2H3,(H2,20,21,23,27). The van der Waals surface area contributed by atoms with E-state index in [4.69, 9.17) is 17.0 Å². The number of carbonyl (C=O) groups excluding carboxylic acids is 3. The Bertz CT molecular complexity index is 993. The predicted octanol–water partition coefficient (Wildman–Crippen LogP) is 2.81. The number of ether oxygens (including phenoxy) is 1. The smallest absolute Gasteiger partial charge is 0.261 e. The second kappa shape index (κ2) is 7.45. The molecule has 0 spiro atoms. The fourth-order valence-corrected chi connectivity index (χ4v) is 3.34. The minimum atomic E-state index is -0.400. The minimum Gasteiger partial charge on any atom is -0.496 e. The van der Waals surface area contributed by atoms with Crippen LogP contribution in [0.25, 0.3) is 0 Å². The molecule has 1 aliphatic heterocycles. The molecule has 2 N–H and O–H groups in total. The number of imide groups is 1. The summed E-state index contributed by atoms with van der Waals surface area (Å²) in [4.78, 5) is 37.3. The van der Waals surface area contributed by atoms with Gasteiger partial charge in [0.2, 0.25) is 0 Å². The Kier molecular flexibility index (Phi) is 5.24. The number of benzene rings is 2. The van der Waals surface area contributed by atoms with E-state index in [1.165, 1.54) is 20.2 Å². The fraction of sp³-hybridized carbons (Fsp3) is 0.111. The number of rotatable bonds is 3. The summed E-state index contributed by atoms with van der Waals surface area (Å²) >= 11 is 8.48. The summed E-state index contributed by atoms with van der Waals surface area (Å²) in [5.74, 6) is -0.517. The Morgan fingerprint density at radius 1 is 1.11 bits per heavy atom. The SMILES string of the molecule is COc1ccc(C(=O)NC(=S)Nc2ccc3c(c2)C(=O)N(C)C3=O)cc1Br. The van der Waals surface area contributed by atoms with Gasteiger partial charge in [-0.1, -0.05) is 0 Å². The summed E-state index contributed by atoms with van der Waals surface area (Å²) in [6.45, 7) is 0. The Balaban J connectivity index is 1.70. The van der Waals surface area contributed by atoms with Crippen LogP contribution in [0.2, 0.25) is 0 Å². The van der Waals surface area contributed by atoms with Crippen molar-refractivity contribution in [1.29, 1.82) is 0 Å². The van der Waals surface area contributed by atoms with Gasteiger partial charge in [0.1, 0.15) is 5.75 Å². The number of nitrogens with one attached hydrogen (secondary N) is 2. The van der Waals surface area contributed by atoms with Gasteiger partial charge in [-0.05, 0) is 64.5 Å². The van der Waals surface area contributed by atoms with Crippen molar-refractivity contribution in [2.75, 3.05) is 19.5 Å². The maximum atomic E-state index is 12.3. The number of anilines is 1. The highest BCUT2D eigenvalue weighted by molar-refractivity contribution is 9.10. The molecule has 0 fully saturated rings. The van der Waals surface area contributed by atoms with Crippen LogP contribution in [0.3, 0.4) is 0 Å². The lowest BCUT2D eigenvalue weighted by molar-refractivity contribution is 0.0692. The van der Waals surface area contributed by atoms with Crippen LogP contribution < -0.4 is 15.4 Å². The van der Waals surface area contributed by atoms with Crippen molar-refractivity contribution in [3.63, 3.8) is 0 Å². The molecule has 2 aromatic rings. The summed E-state index contributed by atoms with van der Waals surface area (Å²) in [6, 6.07) is 9.58. The van der Waals surface area contributed by atoms with Gasteiger partial charge in [-0.2, -0.15) is 0 Å². The molecule has 3 rings (SSSR count). The molecule has 3 amide bonds. The van der Waals surface area contributed by atoms with Gasteiger partial charge >= 0.3 is 0 Å². The highest BCUT2D eigenvalue weighted by atomic mass is 79.9. The highest BCUT2D eigenvalue weighted by Crippen LogP contribution is 2.26. The van der Waals surface area contributed by atoms with Gasteiger partial charge in [-0.15, -0.1) is 0 Å². The minimum absolute atomic E-state index is 0.0667. The molecule has 0 saturated heterocycles. The summed E-state index contributed by atoms with van der Waals surface area (Å²) in [5.41, 5.74) is 1.52. The van der Waals surface area contributed by atoms with E-state index in [1.54, 1.807) is 30.3 Å². The first-order valence-corrected chi connectivity index (χ1v) is 8.94. The summed E-state index contributed by atoms with van der Waals surface area (Å²) < 4.78 is 5.77. The van der Waals surface area contributed by atoms with Gasteiger partial charge in [0.15, 0.2) is 5.11 Å². The zero-order valence-electron chi connectivity index (χ0n) is 14.3. The lowest BCUT2D eigenvalue weighted by atomic mass is 10.1. The van der Waals surface area contributed by atoms with Crippen molar-refractivity contribution < 1.29 is 19.1 Å². The van der Waals surface area contributed by atoms with Crippen LogP contribution in [0.1, 0.15) is 31.1 Å². The van der Waals surface area contributed by atoms with Crippen LogP contribution in [0.15, 0.2) is 40.9 Å². The quantitative estimate of drug-likeness (QED) is 0.555. The summed E-state index contributed by atoms with van der Waals surface area (Å²) in [7, 11) is 2.96. The van der Waals surface area contributed by atoms with Crippen molar-refractivity contribution >= 4 is 56.7 Å². The number of methoxy groups -OCH3 is 1. The normalized spacial score (nSPS) is 12.6. The average Bonchev–Trinajstić information content (AvgIpc) is 2.85. The predicted molar refractivity (Wildman–Crippen MR) is 107 cm³/mol. The summed E-state index contributed by atoms with van der Waals surface area (Å²) in [5, 5.41) is 5.47. The summed E-state index contributed by atoms with van der Waals surface area (Å²) in [6.07, 6.45) is 0. The maximum absolute atomic E-state index is 12.3. The fourth-order valence-electron chi connectivity index (χ4n) is 2.58. The lowest BCUT2D eigenvalue weighted by Gasteiger charge is -2.11. The van der Waals surface area contributed by atoms with Gasteiger partial charge in [0, 0.05) is 18.3 Å². The van der Waals surface area contributed by atoms with E-state index in [0.717, 1.165) is 4.90 Å². The van der Waals surface area contributed by atoms with E-state index in [1.807, 2.05) is 0 Å². The molecule has 27 heavy (non-hydrogen) atoms. The highest BCUT2D eigenvalue weighted by Gasteiger charge is 2.32. The van der Waals surface area contributed by atoms with E-state index in [0.29, 0.717) is 32.6 Å². The molecule has 0 radical (unpaired) electrons. The van der Waals surface area contributed by atoms with Crippen LogP contribution in [0.4, 0.5) is 5.69 Å². The van der Waals surface area contributed by atoms with Crippen LogP contribution in [0, 0.1) is 0 Å². The lowest BCUT2D eigenvalue weighted by Crippen LogP contribution is -2.34. The van der Waals surface area contributed by atoms with Gasteiger partial charge < -0.3 is 10.1 Å². The molecule has 0 saturated carbocycles. The molecule has 1 aliphatic rings. The Labute approximate surface area is 168 Å². The van der Waals surface area contributed by atoms with Gasteiger partial charge in [-0.25, -0.2) is 0 Å². The Morgan fingerprint density at radius 2 is 1.81 bits per heavy atom. The Morgan fingerprint density at radius 3 is 2.48 bits per heavy atom. The second-order valence-electron chi connectivity index (χ2n) is 5.69. The molecule has 7 nitrogen and oxygen atoms in total. The van der Waals surface area contributed by atoms with Crippen molar-refractivity contribution in [2.24, 2.45) is 0 Å². The second-order valence-corrected chi connectivity index (χ2v) is 6.95. The van der Waals surface area contributed by atoms with Gasteiger partial charge in [0.25, 0.3) is 17.7 Å². The Hall–Kier alpha value is -2.78. The molecule has 0 aromatic heterocycles. The first-order valence-electron chi connectivity index (χ1n) is 7.74. The number of amides is 3. The molecule has 0 aliphatic carbocycles. The van der Waals surface area contributed by atoms with Gasteiger partial charge in [0.05, 0.1) is 22.7 Å². The molecule has 0 bridgehead atoms. The number of fused-ring (bicyclic) bond motifs is 1. The van der Waals surface area contributed by atoms with E-state index in [9.17, 15) is 14.4 Å². The zero-order valence-corrected chi connectivity index (χ0v) is 16.7. The molecule has 138 valence electrons. The number of halogens is 1. The number of nitrogens with zero attached hydrogens (tertiary/aromatic N) is 1. The van der Waals surface area contributed by atoms with Crippen molar-refractivity contribution in [2.45, 2.75) is 0 Å². The average molecular weight is 448 g/mol. The molecular formula is C18H14BrN3O4S. The third kappa shape index (κ3) is 3.69. The van der Waals surface area contributed by atoms with E-state index in [2.05, 4.69) is 26.6 Å². The molecule has 1 heterocycles. The first-order chi connectivity index (χ1) is 12.8. The van der Waals surface area contributed by atoms with E-state index < -0.39 is 5.91 Å². The maximum Gasteiger partial charge on any atom is 0.261 e. The largest absolute Gasteiger partial charge is 0.496 e. The first kappa shape index (κ1) is 19.0. The van der Waals surface area contributed by atoms with Crippen molar-refractivity contribution in [3.8, 4) is 5.75 Å². The van der Waals surface area contributed by atoms with Crippen LogP contribution in [-0.2, 0) is 0 Å². The van der Waals surface area contributed by atoms with Crippen molar-refractivity contribution in [3.05, 3.63) is 57.6 Å². The molecule has 2 aromatic carbocycles. The molecule has 9 heteroatoms. The van der Waals surface area contributed by atoms with Gasteiger partial charge in [-0.3, -0.25) is 24.6 Å². The number of thiocarbonyl (C=S) groups is 1. The van der Waals surface area contributed by atoms with Crippen LogP contribution >= 0.6 is 28.1 Å². The molecular weight excluding hydrogens is 434 g/mol. The number of carbonyl (C=O) groups is 3. The zero-order chi connectivity index (χ0) is 19.7. The monoisotopic (exact) mass is 447 g/mol. The van der Waals surface area contributed by atoms with Crippen LogP contribution in [-0.4, -0.2) is 41.9 Å². The van der Waals surface area contributed by atoms with Crippen molar-refractivity contribution in [1.82, 2.24) is 10.2 Å². The topological polar surface area (TPSA) is 87.7 Å². The van der Waals surface area contributed by atoms with Crippen LogP contribution in [0.5, 0.6) is 5.75 Å². The third-order valence-electron chi connectivity index (χ3n) is 3.99.